The number of carbonyl (C=O) groups is 2. The van der Waals surface area contributed by atoms with Crippen LogP contribution in [0, 0.1) is 0 Å². The number of anilines is 1. The molecule has 1 saturated heterocycles. The van der Waals surface area contributed by atoms with E-state index < -0.39 is 18.4 Å². The molecule has 0 bridgehead atoms. The second-order valence-electron chi connectivity index (χ2n) is 6.45. The molecule has 0 atom stereocenters. The van der Waals surface area contributed by atoms with Crippen LogP contribution in [-0.2, 0) is 4.79 Å². The van der Waals surface area contributed by atoms with Crippen molar-refractivity contribution in [1.82, 2.24) is 25.2 Å². The van der Waals surface area contributed by atoms with Gasteiger partial charge in [-0.05, 0) is 12.1 Å². The molecule has 1 aromatic carbocycles. The van der Waals surface area contributed by atoms with Gasteiger partial charge in [-0.1, -0.05) is 23.5 Å². The minimum Gasteiger partial charge on any atom is -0.480 e. The molecule has 0 aliphatic carbocycles. The molecule has 10 nitrogen and oxygen atoms in total. The van der Waals surface area contributed by atoms with Crippen molar-refractivity contribution in [2.45, 2.75) is 0 Å². The van der Waals surface area contributed by atoms with Gasteiger partial charge in [0.15, 0.2) is 0 Å². The van der Waals surface area contributed by atoms with Crippen LogP contribution < -0.4 is 21.1 Å². The number of carboxylic acid groups (broad SMARTS) is 1. The summed E-state index contributed by atoms with van der Waals surface area (Å²) >= 11 is 1.25. The Morgan fingerprint density at radius 2 is 2.03 bits per heavy atom. The lowest BCUT2D eigenvalue weighted by atomic mass is 10.1. The van der Waals surface area contributed by atoms with Crippen molar-refractivity contribution in [2.24, 2.45) is 0 Å². The van der Waals surface area contributed by atoms with Crippen molar-refractivity contribution in [3.63, 3.8) is 0 Å². The maximum Gasteiger partial charge on any atom is 0.322 e. The zero-order chi connectivity index (χ0) is 20.4. The molecule has 29 heavy (non-hydrogen) atoms. The van der Waals surface area contributed by atoms with Crippen molar-refractivity contribution >= 4 is 34.0 Å². The predicted molar refractivity (Wildman–Crippen MR) is 108 cm³/mol. The third-order valence-corrected chi connectivity index (χ3v) is 5.41. The van der Waals surface area contributed by atoms with E-state index in [2.05, 4.69) is 25.6 Å². The van der Waals surface area contributed by atoms with Crippen molar-refractivity contribution < 1.29 is 14.7 Å². The third kappa shape index (κ3) is 4.10. The lowest BCUT2D eigenvalue weighted by molar-refractivity contribution is -0.135. The third-order valence-electron chi connectivity index (χ3n) is 4.45. The van der Waals surface area contributed by atoms with Crippen LogP contribution in [0.1, 0.15) is 10.4 Å². The van der Waals surface area contributed by atoms with Crippen LogP contribution in [0.5, 0.6) is 0 Å². The fraction of sp³-hybridized carbons (Fsp3) is 0.278. The first kappa shape index (κ1) is 19.0. The van der Waals surface area contributed by atoms with Crippen molar-refractivity contribution in [3.05, 3.63) is 46.2 Å². The zero-order valence-electron chi connectivity index (χ0n) is 15.3. The monoisotopic (exact) mass is 414 g/mol. The number of rotatable bonds is 5. The minimum atomic E-state index is -1.11. The van der Waals surface area contributed by atoms with E-state index in [-0.39, 0.29) is 5.56 Å². The highest BCUT2D eigenvalue weighted by Crippen LogP contribution is 2.27. The highest BCUT2D eigenvalue weighted by molar-refractivity contribution is 7.19. The van der Waals surface area contributed by atoms with E-state index in [1.165, 1.54) is 17.4 Å². The Balaban J connectivity index is 1.70. The first-order chi connectivity index (χ1) is 14.0. The molecule has 1 fully saturated rings. The minimum absolute atomic E-state index is 0.324. The number of fused-ring (bicyclic) bond motifs is 1. The van der Waals surface area contributed by atoms with E-state index >= 15 is 0 Å². The van der Waals surface area contributed by atoms with Gasteiger partial charge in [-0.3, -0.25) is 14.4 Å². The van der Waals surface area contributed by atoms with E-state index in [0.29, 0.717) is 26.9 Å². The summed E-state index contributed by atoms with van der Waals surface area (Å²) in [6.07, 6.45) is 0. The second-order valence-corrected chi connectivity index (χ2v) is 7.40. The maximum atomic E-state index is 12.1. The van der Waals surface area contributed by atoms with Gasteiger partial charge in [0, 0.05) is 43.4 Å². The largest absolute Gasteiger partial charge is 0.480 e. The number of benzene rings is 1. The highest BCUT2D eigenvalue weighted by atomic mass is 32.1. The smallest absolute Gasteiger partial charge is 0.322 e. The number of nitrogens with one attached hydrogen (secondary N) is 2. The standard InChI is InChI=1S/C18H18N6O4S/c25-13-9-14(23-6-4-19-5-7-23)24-18(21-13)29-17(22-24)12-3-1-2-11(8-12)16(28)20-10-15(26)27/h1-3,8-9,19H,4-7,10H2,(H,20,28)(H,26,27). The zero-order valence-corrected chi connectivity index (χ0v) is 16.1. The summed E-state index contributed by atoms with van der Waals surface area (Å²) in [7, 11) is 0. The van der Waals surface area contributed by atoms with Crippen molar-refractivity contribution in [3.8, 4) is 10.6 Å². The molecule has 0 radical (unpaired) electrons. The van der Waals surface area contributed by atoms with Gasteiger partial charge in [-0.25, -0.2) is 0 Å². The number of aliphatic carboxylic acids is 1. The van der Waals surface area contributed by atoms with Gasteiger partial charge in [0.2, 0.25) is 4.96 Å². The fourth-order valence-electron chi connectivity index (χ4n) is 3.09. The molecule has 2 aromatic heterocycles. The Morgan fingerprint density at radius 3 is 2.79 bits per heavy atom. The summed E-state index contributed by atoms with van der Waals surface area (Å²) in [6.45, 7) is 2.71. The van der Waals surface area contributed by atoms with Gasteiger partial charge in [0.05, 0.1) is 0 Å². The van der Waals surface area contributed by atoms with Crippen LogP contribution in [0.3, 0.4) is 0 Å². The highest BCUT2D eigenvalue weighted by Gasteiger charge is 2.18. The maximum absolute atomic E-state index is 12.1. The van der Waals surface area contributed by atoms with Gasteiger partial charge < -0.3 is 20.6 Å². The van der Waals surface area contributed by atoms with Crippen LogP contribution in [-0.4, -0.2) is 64.3 Å². The number of hydrogen-bond donors (Lipinski definition) is 3. The number of amides is 1. The van der Waals surface area contributed by atoms with E-state index in [0.717, 1.165) is 26.2 Å². The van der Waals surface area contributed by atoms with Crippen LogP contribution in [0.2, 0.25) is 0 Å². The van der Waals surface area contributed by atoms with E-state index in [4.69, 9.17) is 5.11 Å². The number of hydrogen-bond acceptors (Lipinski definition) is 8. The molecule has 1 aliphatic heterocycles. The summed E-state index contributed by atoms with van der Waals surface area (Å²) in [6, 6.07) is 8.22. The Labute approximate surface area is 168 Å². The van der Waals surface area contributed by atoms with Gasteiger partial charge in [0.25, 0.3) is 11.5 Å². The van der Waals surface area contributed by atoms with Gasteiger partial charge in [-0.15, -0.1) is 0 Å². The number of aromatic nitrogens is 3. The van der Waals surface area contributed by atoms with Crippen LogP contribution in [0.25, 0.3) is 15.5 Å². The molecule has 1 aliphatic rings. The summed E-state index contributed by atoms with van der Waals surface area (Å²) in [5, 5.41) is 19.5. The molecule has 0 unspecified atom stereocenters. The molecule has 3 N–H and O–H groups in total. The van der Waals surface area contributed by atoms with E-state index in [1.54, 1.807) is 28.8 Å². The van der Waals surface area contributed by atoms with E-state index in [1.807, 2.05) is 0 Å². The fourth-order valence-corrected chi connectivity index (χ4v) is 3.99. The average Bonchev–Trinajstić information content (AvgIpc) is 3.16. The van der Waals surface area contributed by atoms with E-state index in [9.17, 15) is 14.4 Å². The van der Waals surface area contributed by atoms with Crippen LogP contribution in [0.4, 0.5) is 5.82 Å². The Hall–Kier alpha value is -3.31. The number of piperazine rings is 1. The summed E-state index contributed by atoms with van der Waals surface area (Å²) in [4.78, 5) is 41.5. The molecule has 0 saturated carbocycles. The Bertz CT molecular complexity index is 1130. The topological polar surface area (TPSA) is 129 Å². The Kier molecular flexibility index (Phi) is 5.23. The summed E-state index contributed by atoms with van der Waals surface area (Å²) < 4.78 is 1.66. The Morgan fingerprint density at radius 1 is 1.24 bits per heavy atom. The van der Waals surface area contributed by atoms with Crippen LogP contribution in [0.15, 0.2) is 35.1 Å². The van der Waals surface area contributed by atoms with Gasteiger partial charge in [-0.2, -0.15) is 14.6 Å². The first-order valence-electron chi connectivity index (χ1n) is 8.98. The molecule has 150 valence electrons. The number of nitrogens with zero attached hydrogens (tertiary/aromatic N) is 4. The average molecular weight is 414 g/mol. The lowest BCUT2D eigenvalue weighted by Crippen LogP contribution is -2.44. The van der Waals surface area contributed by atoms with Crippen molar-refractivity contribution in [2.75, 3.05) is 37.6 Å². The SMILES string of the molecule is O=C(O)CNC(=O)c1cccc(-c2nn3c(N4CCNCC4)cc(=O)nc3s2)c1. The quantitative estimate of drug-likeness (QED) is 0.534. The lowest BCUT2D eigenvalue weighted by Gasteiger charge is -2.28. The molecule has 4 rings (SSSR count). The normalized spacial score (nSPS) is 14.1. The second kappa shape index (κ2) is 7.97. The van der Waals surface area contributed by atoms with Gasteiger partial charge >= 0.3 is 5.97 Å². The molecule has 3 aromatic rings. The summed E-state index contributed by atoms with van der Waals surface area (Å²) in [5.74, 6) is -0.902. The molecular formula is C18H18N6O4S. The van der Waals surface area contributed by atoms with Crippen LogP contribution >= 0.6 is 11.3 Å². The molecule has 3 heterocycles. The van der Waals surface area contributed by atoms with Crippen molar-refractivity contribution in [1.29, 1.82) is 0 Å². The first-order valence-corrected chi connectivity index (χ1v) is 9.80. The molecule has 1 amide bonds. The van der Waals surface area contributed by atoms with Gasteiger partial charge in [0.1, 0.15) is 17.4 Å². The predicted octanol–water partition coefficient (Wildman–Crippen LogP) is 0.0420. The number of carboxylic acids is 1. The molecule has 0 spiro atoms. The molecular weight excluding hydrogens is 396 g/mol. The molecule has 11 heteroatoms. The number of carbonyl (C=O) groups excluding carboxylic acids is 1. The summed E-state index contributed by atoms with van der Waals surface area (Å²) in [5.41, 5.74) is 0.686.